The number of benzene rings is 2. The first-order valence-corrected chi connectivity index (χ1v) is 10.7. The van der Waals surface area contributed by atoms with Crippen molar-refractivity contribution in [1.29, 1.82) is 0 Å². The van der Waals surface area contributed by atoms with Crippen LogP contribution < -0.4 is 4.74 Å². The molecule has 0 heterocycles. The van der Waals surface area contributed by atoms with E-state index in [1.165, 1.54) is 31.7 Å². The third-order valence-corrected chi connectivity index (χ3v) is 6.92. The molecule has 1 nitrogen and oxygen atoms in total. The van der Waals surface area contributed by atoms with E-state index in [9.17, 15) is 8.78 Å². The summed E-state index contributed by atoms with van der Waals surface area (Å²) < 4.78 is 35.2. The molecule has 0 radical (unpaired) electrons. The molecule has 0 aromatic heterocycles. The molecule has 0 bridgehead atoms. The van der Waals surface area contributed by atoms with Crippen molar-refractivity contribution in [2.75, 3.05) is 6.61 Å². The molecule has 2 aromatic rings. The van der Waals surface area contributed by atoms with Crippen LogP contribution in [0.2, 0.25) is 0 Å². The van der Waals surface area contributed by atoms with Crippen molar-refractivity contribution in [3.63, 3.8) is 0 Å². The highest BCUT2D eigenvalue weighted by atomic mass is 19.1. The van der Waals surface area contributed by atoms with Crippen molar-refractivity contribution in [2.45, 2.75) is 58.3 Å². The topological polar surface area (TPSA) is 9.23 Å². The van der Waals surface area contributed by atoms with Crippen LogP contribution in [0.5, 0.6) is 5.75 Å². The quantitative estimate of drug-likeness (QED) is 0.499. The number of hydrogen-bond donors (Lipinski definition) is 0. The Balaban J connectivity index is 1.58. The van der Waals surface area contributed by atoms with E-state index >= 15 is 0 Å². The lowest BCUT2D eigenvalue weighted by Crippen LogP contribution is -2.29. The van der Waals surface area contributed by atoms with Crippen molar-refractivity contribution in [3.05, 3.63) is 53.6 Å². The normalized spacial score (nSPS) is 27.9. The molecule has 2 fully saturated rings. The average Bonchev–Trinajstić information content (AvgIpc) is 2.69. The fraction of sp³-hybridized carbons (Fsp3) is 0.520. The van der Waals surface area contributed by atoms with Crippen molar-refractivity contribution in [1.82, 2.24) is 0 Å². The Morgan fingerprint density at radius 2 is 1.82 bits per heavy atom. The van der Waals surface area contributed by atoms with Crippen LogP contribution in [0, 0.1) is 29.4 Å². The highest BCUT2D eigenvalue weighted by Gasteiger charge is 2.35. The second-order valence-corrected chi connectivity index (χ2v) is 8.80. The van der Waals surface area contributed by atoms with E-state index in [1.807, 2.05) is 31.2 Å². The van der Waals surface area contributed by atoms with Gasteiger partial charge in [-0.2, -0.15) is 0 Å². The maximum Gasteiger partial charge on any atom is 0.172 e. The van der Waals surface area contributed by atoms with E-state index in [-0.39, 0.29) is 17.5 Å². The Bertz CT molecular complexity index is 872. The molecular formula is C25H30F2O. The van der Waals surface area contributed by atoms with Crippen molar-refractivity contribution >= 4 is 10.8 Å². The summed E-state index contributed by atoms with van der Waals surface area (Å²) in [6.45, 7) is 4.55. The molecule has 3 heteroatoms. The summed E-state index contributed by atoms with van der Waals surface area (Å²) in [5.41, 5.74) is 0.770. The number of allylic oxidation sites excluding steroid dienone is 1. The van der Waals surface area contributed by atoms with Gasteiger partial charge >= 0.3 is 0 Å². The predicted molar refractivity (Wildman–Crippen MR) is 111 cm³/mol. The van der Waals surface area contributed by atoms with Gasteiger partial charge in [0.25, 0.3) is 0 Å². The number of hydrogen-bond acceptors (Lipinski definition) is 1. The van der Waals surface area contributed by atoms with E-state index in [1.54, 1.807) is 6.07 Å². The zero-order valence-electron chi connectivity index (χ0n) is 16.9. The minimum atomic E-state index is -0.475. The summed E-state index contributed by atoms with van der Waals surface area (Å²) >= 11 is 0. The van der Waals surface area contributed by atoms with Gasteiger partial charge in [-0.25, -0.2) is 8.78 Å². The molecule has 2 aliphatic rings. The Hall–Kier alpha value is -1.90. The highest BCUT2D eigenvalue weighted by Crippen LogP contribution is 2.48. The lowest BCUT2D eigenvalue weighted by Gasteiger charge is -2.41. The van der Waals surface area contributed by atoms with Gasteiger partial charge in [-0.15, -0.1) is 0 Å². The summed E-state index contributed by atoms with van der Waals surface area (Å²) in [7, 11) is 0. The van der Waals surface area contributed by atoms with Gasteiger partial charge in [-0.3, -0.25) is 0 Å². The summed E-state index contributed by atoms with van der Waals surface area (Å²) in [6.07, 6.45) is 10.9. The predicted octanol–water partition coefficient (Wildman–Crippen LogP) is 7.39. The molecule has 0 N–H and O–H groups in total. The van der Waals surface area contributed by atoms with Gasteiger partial charge in [-0.1, -0.05) is 31.6 Å². The van der Waals surface area contributed by atoms with Gasteiger partial charge in [0.05, 0.1) is 0 Å². The second kappa shape index (κ2) is 8.23. The van der Waals surface area contributed by atoms with E-state index in [0.717, 1.165) is 41.5 Å². The van der Waals surface area contributed by atoms with Crippen molar-refractivity contribution in [2.24, 2.45) is 17.8 Å². The van der Waals surface area contributed by atoms with Crippen LogP contribution in [0.4, 0.5) is 8.78 Å². The molecule has 4 atom stereocenters. The first-order valence-electron chi connectivity index (χ1n) is 10.7. The molecule has 150 valence electrons. The van der Waals surface area contributed by atoms with E-state index < -0.39 is 5.82 Å². The van der Waals surface area contributed by atoms with Crippen LogP contribution in [0.25, 0.3) is 10.8 Å². The third kappa shape index (κ3) is 3.81. The van der Waals surface area contributed by atoms with Crippen LogP contribution >= 0.6 is 0 Å². The number of rotatable bonds is 4. The highest BCUT2D eigenvalue weighted by molar-refractivity contribution is 5.85. The van der Waals surface area contributed by atoms with Crippen LogP contribution in [0.15, 0.2) is 36.4 Å². The monoisotopic (exact) mass is 384 g/mol. The fourth-order valence-electron chi connectivity index (χ4n) is 5.37. The van der Waals surface area contributed by atoms with Crippen LogP contribution in [-0.2, 0) is 0 Å². The van der Waals surface area contributed by atoms with Crippen LogP contribution in [0.3, 0.4) is 0 Å². The van der Waals surface area contributed by atoms with Gasteiger partial charge in [-0.05, 0) is 91.8 Å². The van der Waals surface area contributed by atoms with Crippen molar-refractivity contribution < 1.29 is 13.5 Å². The van der Waals surface area contributed by atoms with Gasteiger partial charge in [0.15, 0.2) is 11.6 Å². The third-order valence-electron chi connectivity index (χ3n) is 6.92. The molecule has 2 aliphatic carbocycles. The average molecular weight is 385 g/mol. The fourth-order valence-corrected chi connectivity index (χ4v) is 5.37. The molecule has 0 aliphatic heterocycles. The Morgan fingerprint density at radius 3 is 2.64 bits per heavy atom. The molecule has 0 amide bonds. The Kier molecular flexibility index (Phi) is 5.70. The van der Waals surface area contributed by atoms with E-state index in [2.05, 4.69) is 6.92 Å². The minimum absolute atomic E-state index is 0.176. The molecule has 4 rings (SSSR count). The van der Waals surface area contributed by atoms with Crippen molar-refractivity contribution in [3.8, 4) is 5.75 Å². The maximum absolute atomic E-state index is 15.0. The first-order chi connectivity index (χ1) is 13.6. The minimum Gasteiger partial charge on any atom is -0.486 e. The summed E-state index contributed by atoms with van der Waals surface area (Å²) in [6, 6.07) is 6.75. The standard InChI is InChI=1S/C25H30F2O/c1-3-4-11-28-24-10-9-20-14-21(23(26)15-22(20)25(24)27)19-8-7-17-12-16(2)5-6-18(17)13-19/h3-4,9-10,14-19H,5-8,11-13H2,1-2H3/b4-3+. The molecule has 0 saturated heterocycles. The largest absolute Gasteiger partial charge is 0.486 e. The first kappa shape index (κ1) is 19.4. The molecule has 0 spiro atoms. The van der Waals surface area contributed by atoms with E-state index in [0.29, 0.717) is 12.0 Å². The van der Waals surface area contributed by atoms with Crippen LogP contribution in [-0.4, -0.2) is 6.61 Å². The zero-order valence-corrected chi connectivity index (χ0v) is 16.9. The smallest absolute Gasteiger partial charge is 0.172 e. The zero-order chi connectivity index (χ0) is 19.7. The Morgan fingerprint density at radius 1 is 1.04 bits per heavy atom. The SMILES string of the molecule is C/C=C/COc1ccc2cc(C3CCC4CC(C)CCC4C3)c(F)cc2c1F. The number of ether oxygens (including phenoxy) is 1. The Labute approximate surface area is 166 Å². The molecule has 28 heavy (non-hydrogen) atoms. The van der Waals surface area contributed by atoms with Crippen LogP contribution in [0.1, 0.15) is 63.9 Å². The molecule has 4 unspecified atom stereocenters. The van der Waals surface area contributed by atoms with Gasteiger partial charge in [0, 0.05) is 5.39 Å². The lowest BCUT2D eigenvalue weighted by atomic mass is 9.64. The van der Waals surface area contributed by atoms with Gasteiger partial charge in [0.1, 0.15) is 12.4 Å². The second-order valence-electron chi connectivity index (χ2n) is 8.80. The molecule has 2 saturated carbocycles. The lowest BCUT2D eigenvalue weighted by molar-refractivity contribution is 0.124. The number of fused-ring (bicyclic) bond motifs is 2. The number of halogens is 2. The summed E-state index contributed by atoms with van der Waals surface area (Å²) in [5, 5.41) is 1.06. The summed E-state index contributed by atoms with van der Waals surface area (Å²) in [5.74, 6) is 2.06. The van der Waals surface area contributed by atoms with Gasteiger partial charge < -0.3 is 4.74 Å². The molecular weight excluding hydrogens is 354 g/mol. The maximum atomic E-state index is 15.0. The summed E-state index contributed by atoms with van der Waals surface area (Å²) in [4.78, 5) is 0. The van der Waals surface area contributed by atoms with E-state index in [4.69, 9.17) is 4.74 Å². The molecule has 2 aromatic carbocycles. The van der Waals surface area contributed by atoms with Gasteiger partial charge in [0.2, 0.25) is 0 Å².